The minimum atomic E-state index is -5.27. The van der Waals surface area contributed by atoms with E-state index in [0.29, 0.717) is 80.0 Å². The number of Topliss-reactive ketones (excluding diaryl/α,β-unsaturated/α-hetero) is 1. The zero-order valence-corrected chi connectivity index (χ0v) is 49.1. The number of aromatic nitrogens is 5. The second kappa shape index (κ2) is 27.6. The van der Waals surface area contributed by atoms with Crippen LogP contribution < -0.4 is 21.0 Å². The lowest BCUT2D eigenvalue weighted by molar-refractivity contribution is -0.221. The number of alkyl halides is 8. The zero-order chi connectivity index (χ0) is 64.8. The molecule has 3 aromatic heterocycles. The van der Waals surface area contributed by atoms with Gasteiger partial charge in [-0.1, -0.05) is 36.5 Å². The molecule has 2 unspecified atom stereocenters. The highest BCUT2D eigenvalue weighted by atomic mass is 19.4. The van der Waals surface area contributed by atoms with Crippen molar-refractivity contribution in [2.45, 2.75) is 134 Å². The number of nitrogens with one attached hydrogen (secondary N) is 3. The van der Waals surface area contributed by atoms with Gasteiger partial charge in [0.2, 0.25) is 5.95 Å². The van der Waals surface area contributed by atoms with Gasteiger partial charge in [0.25, 0.3) is 5.91 Å². The fourth-order valence-electron chi connectivity index (χ4n) is 11.0. The van der Waals surface area contributed by atoms with E-state index in [-0.39, 0.29) is 21.5 Å². The Morgan fingerprint density at radius 1 is 0.742 bits per heavy atom. The number of nitrogens with zero attached hydrogens (tertiary/aromatic N) is 8. The Labute approximate surface area is 505 Å². The van der Waals surface area contributed by atoms with Gasteiger partial charge in [0.15, 0.2) is 5.78 Å². The molecular formula is C60H65F10N11O8. The molecule has 5 aromatic rings. The number of fused-ring (bicyclic) bond motifs is 2. The monoisotopic (exact) mass is 1260 g/mol. The van der Waals surface area contributed by atoms with E-state index in [0.717, 1.165) is 52.4 Å². The van der Waals surface area contributed by atoms with Crippen molar-refractivity contribution in [3.8, 4) is 23.1 Å². The van der Waals surface area contributed by atoms with Crippen LogP contribution in [0.15, 0.2) is 85.5 Å². The first-order valence-corrected chi connectivity index (χ1v) is 28.3. The van der Waals surface area contributed by atoms with Crippen molar-refractivity contribution in [3.05, 3.63) is 125 Å². The van der Waals surface area contributed by atoms with Crippen molar-refractivity contribution in [1.82, 2.24) is 50.7 Å². The molecular weight excluding hydrogens is 1190 g/mol. The van der Waals surface area contributed by atoms with Gasteiger partial charge in [-0.3, -0.25) is 19.9 Å². The number of hydrogen-bond acceptors (Lipinski definition) is 15. The molecule has 2 saturated heterocycles. The number of piperazine rings is 1. The van der Waals surface area contributed by atoms with Crippen LogP contribution in [0.1, 0.15) is 106 Å². The van der Waals surface area contributed by atoms with Crippen LogP contribution in [0, 0.1) is 40.2 Å². The highest BCUT2D eigenvalue weighted by Crippen LogP contribution is 2.43. The molecule has 3 amide bonds. The van der Waals surface area contributed by atoms with E-state index in [4.69, 9.17) is 4.74 Å². The molecule has 8 rings (SSSR count). The summed E-state index contributed by atoms with van der Waals surface area (Å²) in [5.41, 5.74) is -4.98. The van der Waals surface area contributed by atoms with E-state index >= 15 is 8.78 Å². The summed E-state index contributed by atoms with van der Waals surface area (Å²) in [4.78, 5) is 86.8. The molecule has 2 bridgehead atoms. The van der Waals surface area contributed by atoms with Gasteiger partial charge >= 0.3 is 37.1 Å². The third kappa shape index (κ3) is 15.7. The number of esters is 1. The normalized spacial score (nSPS) is 17.8. The zero-order valence-electron chi connectivity index (χ0n) is 49.1. The van der Waals surface area contributed by atoms with E-state index in [1.807, 2.05) is 10.6 Å². The highest BCUT2D eigenvalue weighted by molar-refractivity contribution is 5.89. The SMILES string of the molecule is COC(=O)N[C@H](C(=O)C[C@@H](Cc1ccc(C#Cc2cnc(N3CC4CCC(C3)N4C3CCC3)nc2)cc1)[C@H](CN(Cc1c(F)cc(-c2ccn(C(F)F)n2)cc1F)NC(=O)[C@@H](NC(=O)OC)C(C)(C)C(F)(F)F)OC(=O)c1ccccn1)C(C)(C)C(F)(F)F. The number of ether oxygens (including phenoxy) is 3. The number of hydrogen-bond donors (Lipinski definition) is 3. The van der Waals surface area contributed by atoms with Crippen LogP contribution in [0.2, 0.25) is 0 Å². The van der Waals surface area contributed by atoms with Crippen LogP contribution in [0.3, 0.4) is 0 Å². The molecule has 6 atom stereocenters. The third-order valence-electron chi connectivity index (χ3n) is 16.5. The van der Waals surface area contributed by atoms with E-state index in [1.54, 1.807) is 24.5 Å². The lowest BCUT2D eigenvalue weighted by Crippen LogP contribution is -2.62. The number of alkyl carbamates (subject to hydrolysis) is 2. The first kappa shape index (κ1) is 66.6. The van der Waals surface area contributed by atoms with Crippen molar-refractivity contribution >= 4 is 35.8 Å². The number of rotatable bonds is 22. The summed E-state index contributed by atoms with van der Waals surface area (Å²) in [5, 5.41) is 7.94. The van der Waals surface area contributed by atoms with Gasteiger partial charge in [0, 0.05) is 91.6 Å². The van der Waals surface area contributed by atoms with Gasteiger partial charge in [-0.25, -0.2) is 47.8 Å². The molecule has 89 heavy (non-hydrogen) atoms. The molecule has 0 spiro atoms. The summed E-state index contributed by atoms with van der Waals surface area (Å²) < 4.78 is 164. The standard InChI is InChI=1S/C60H65F10N11O8/c1-57(2,59(65,66)67)49(74-55(85)87-5)47(82)27-38(24-35-16-13-34(14-17-35)15-18-36-28-72-54(73-29-36)78-30-40-19-20-41(31-78)81(40)39-10-9-11-39)48(89-52(84)46-12-7-8-22-71-46)33-79(77-51(83)50(75-56(86)88-6)58(3,4)60(68,69)70)32-42-43(61)25-37(26-44(42)62)45-21-23-80(76-45)53(63)64/h7-8,12-14,16-17,21-23,25-26,28-29,38-41,48-50,53H,9-11,19-20,24,27,30-33H2,1-6H3,(H,74,85)(H,75,86)(H,77,83)/t38-,40?,41?,48+,49-,50-/m1/s1. The Kier molecular flexibility index (Phi) is 20.6. The summed E-state index contributed by atoms with van der Waals surface area (Å²) in [6.07, 6.45) is -5.79. The average Bonchev–Trinajstić information content (AvgIpc) is 1.82. The van der Waals surface area contributed by atoms with Crippen LogP contribution in [0.5, 0.6) is 0 Å². The van der Waals surface area contributed by atoms with Crippen LogP contribution in [0.25, 0.3) is 11.3 Å². The molecule has 19 nitrogen and oxygen atoms in total. The Morgan fingerprint density at radius 3 is 1.85 bits per heavy atom. The average molecular weight is 1260 g/mol. The largest absolute Gasteiger partial charge is 0.456 e. The molecule has 1 saturated carbocycles. The Bertz CT molecular complexity index is 3360. The van der Waals surface area contributed by atoms with E-state index < -0.39 is 133 Å². The van der Waals surface area contributed by atoms with Gasteiger partial charge in [-0.05, 0) is 108 Å². The predicted octanol–water partition coefficient (Wildman–Crippen LogP) is 9.52. The van der Waals surface area contributed by atoms with Crippen molar-refractivity contribution in [2.24, 2.45) is 16.7 Å². The summed E-state index contributed by atoms with van der Waals surface area (Å²) in [5.74, 6) is -2.22. The Balaban J connectivity index is 1.17. The number of ketones is 1. The molecule has 0 radical (unpaired) electrons. The maximum absolute atomic E-state index is 16.5. The summed E-state index contributed by atoms with van der Waals surface area (Å²) in [6, 6.07) is 8.91. The molecule has 5 heterocycles. The minimum Gasteiger partial charge on any atom is -0.456 e. The highest BCUT2D eigenvalue weighted by Gasteiger charge is 2.57. The molecule has 1 aliphatic carbocycles. The number of amides is 3. The topological polar surface area (TPSA) is 215 Å². The van der Waals surface area contributed by atoms with Crippen LogP contribution in [-0.4, -0.2) is 147 Å². The second-order valence-electron chi connectivity index (χ2n) is 23.1. The first-order valence-electron chi connectivity index (χ1n) is 28.3. The van der Waals surface area contributed by atoms with Crippen LogP contribution in [0.4, 0.5) is 59.4 Å². The number of halogens is 10. The smallest absolute Gasteiger partial charge is 0.407 e. The maximum Gasteiger partial charge on any atom is 0.407 e. The van der Waals surface area contributed by atoms with Crippen molar-refractivity contribution in [1.29, 1.82) is 0 Å². The van der Waals surface area contributed by atoms with E-state index in [2.05, 4.69) is 56.6 Å². The molecule has 478 valence electrons. The predicted molar refractivity (Wildman–Crippen MR) is 299 cm³/mol. The van der Waals surface area contributed by atoms with Crippen molar-refractivity contribution < 1.29 is 82.1 Å². The third-order valence-corrected chi connectivity index (χ3v) is 16.5. The molecule has 29 heteroatoms. The fourth-order valence-corrected chi connectivity index (χ4v) is 11.0. The van der Waals surface area contributed by atoms with Gasteiger partial charge in [0.05, 0.1) is 42.9 Å². The number of benzene rings is 2. The summed E-state index contributed by atoms with van der Waals surface area (Å²) >= 11 is 0. The lowest BCUT2D eigenvalue weighted by Gasteiger charge is -2.48. The number of pyridine rings is 1. The van der Waals surface area contributed by atoms with Crippen LogP contribution >= 0.6 is 0 Å². The lowest BCUT2D eigenvalue weighted by atomic mass is 9.77. The van der Waals surface area contributed by atoms with Crippen LogP contribution in [-0.2, 0) is 36.8 Å². The second-order valence-corrected chi connectivity index (χ2v) is 23.1. The van der Waals surface area contributed by atoms with E-state index in [9.17, 15) is 59.1 Å². The van der Waals surface area contributed by atoms with Crippen molar-refractivity contribution in [3.63, 3.8) is 0 Å². The molecule has 2 aromatic carbocycles. The number of carbonyl (C=O) groups excluding carboxylic acids is 5. The number of anilines is 1. The first-order chi connectivity index (χ1) is 42.0. The summed E-state index contributed by atoms with van der Waals surface area (Å²) in [6.45, 7) is -1.49. The van der Waals surface area contributed by atoms with Gasteiger partial charge in [0.1, 0.15) is 35.5 Å². The fraction of sp³-hybridized carbons (Fsp3) is 0.483. The molecule has 3 aliphatic rings. The quantitative estimate of drug-likeness (QED) is 0.0193. The number of hydrazine groups is 1. The maximum atomic E-state index is 16.5. The molecule has 2 aliphatic heterocycles. The van der Waals surface area contributed by atoms with Gasteiger partial charge < -0.3 is 29.7 Å². The Morgan fingerprint density at radius 2 is 1.33 bits per heavy atom. The van der Waals surface area contributed by atoms with Gasteiger partial charge in [-0.2, -0.15) is 40.2 Å². The number of methoxy groups -OCH3 is 2. The Hall–Kier alpha value is -8.39. The molecule has 3 fully saturated rings. The summed E-state index contributed by atoms with van der Waals surface area (Å²) in [7, 11) is 1.61. The number of carbonyl (C=O) groups is 5. The minimum absolute atomic E-state index is 0.196. The van der Waals surface area contributed by atoms with Crippen molar-refractivity contribution in [2.75, 3.05) is 38.8 Å². The molecule has 3 N–H and O–H groups in total. The van der Waals surface area contributed by atoms with Gasteiger partial charge in [-0.15, -0.1) is 0 Å². The van der Waals surface area contributed by atoms with E-state index in [1.165, 1.54) is 55.8 Å².